The molecule has 1 aromatic rings. The molecule has 4 heterocycles. The summed E-state index contributed by atoms with van der Waals surface area (Å²) in [5.41, 5.74) is 2.64. The summed E-state index contributed by atoms with van der Waals surface area (Å²) in [5, 5.41) is 0. The monoisotopic (exact) mass is 383 g/mol. The normalized spacial score (nSPS) is 28.9. The topological polar surface area (TPSA) is 62.7 Å². The Balaban J connectivity index is 1.17. The van der Waals surface area contributed by atoms with Crippen LogP contribution in [0.2, 0.25) is 0 Å². The van der Waals surface area contributed by atoms with Crippen molar-refractivity contribution >= 4 is 11.8 Å². The molecule has 4 aliphatic rings. The van der Waals surface area contributed by atoms with Gasteiger partial charge in [-0.25, -0.2) is 4.79 Å². The molecule has 4 fully saturated rings. The number of carbonyl (C=O) groups excluding carboxylic acids is 2. The largest absolute Gasteiger partial charge is 0.370 e. The van der Waals surface area contributed by atoms with E-state index < -0.39 is 0 Å². The van der Waals surface area contributed by atoms with Crippen LogP contribution in [0.25, 0.3) is 0 Å². The van der Waals surface area contributed by atoms with E-state index in [0.717, 1.165) is 38.9 Å². The summed E-state index contributed by atoms with van der Waals surface area (Å²) in [6.07, 6.45) is 8.10. The third-order valence-corrected chi connectivity index (χ3v) is 6.92. The molecule has 3 saturated heterocycles. The molecule has 1 aromatic heterocycles. The van der Waals surface area contributed by atoms with Gasteiger partial charge >= 0.3 is 6.03 Å². The molecule has 1 saturated carbocycles. The van der Waals surface area contributed by atoms with E-state index in [2.05, 4.69) is 17.1 Å². The highest BCUT2D eigenvalue weighted by Gasteiger charge is 2.38. The second-order valence-corrected chi connectivity index (χ2v) is 8.92. The summed E-state index contributed by atoms with van der Waals surface area (Å²) in [7, 11) is 0. The van der Waals surface area contributed by atoms with Crippen molar-refractivity contribution in [1.82, 2.24) is 14.8 Å². The van der Waals surface area contributed by atoms with Crippen LogP contribution in [-0.2, 0) is 9.53 Å². The molecular formula is C22H29N3O3. The zero-order valence-electron chi connectivity index (χ0n) is 16.4. The van der Waals surface area contributed by atoms with Crippen molar-refractivity contribution in [3.63, 3.8) is 0 Å². The van der Waals surface area contributed by atoms with Crippen LogP contribution < -0.4 is 0 Å². The Bertz CT molecular complexity index is 755. The van der Waals surface area contributed by atoms with E-state index >= 15 is 0 Å². The van der Waals surface area contributed by atoms with Gasteiger partial charge in [-0.1, -0.05) is 0 Å². The second kappa shape index (κ2) is 7.47. The lowest BCUT2D eigenvalue weighted by Gasteiger charge is -2.43. The Hall–Kier alpha value is -1.95. The molecule has 0 bridgehead atoms. The van der Waals surface area contributed by atoms with Gasteiger partial charge in [-0.05, 0) is 55.7 Å². The molecule has 0 aromatic carbocycles. The highest BCUT2D eigenvalue weighted by Crippen LogP contribution is 2.40. The van der Waals surface area contributed by atoms with Crippen LogP contribution in [0, 0.1) is 5.92 Å². The number of carbonyl (C=O) groups is 2. The number of piperidine rings is 2. The van der Waals surface area contributed by atoms with Gasteiger partial charge in [0.05, 0.1) is 6.10 Å². The smallest absolute Gasteiger partial charge is 0.320 e. The van der Waals surface area contributed by atoms with Crippen LogP contribution in [0.3, 0.4) is 0 Å². The third-order valence-electron chi connectivity index (χ3n) is 6.92. The molecule has 0 unspecified atom stereocenters. The molecule has 150 valence electrons. The van der Waals surface area contributed by atoms with Gasteiger partial charge in [0.1, 0.15) is 6.61 Å². The molecule has 0 N–H and O–H groups in total. The maximum atomic E-state index is 13.0. The lowest BCUT2D eigenvalue weighted by atomic mass is 9.87. The first-order chi connectivity index (χ1) is 13.7. The Morgan fingerprint density at radius 2 is 1.82 bits per heavy atom. The highest BCUT2D eigenvalue weighted by molar-refractivity contribution is 5.81. The molecule has 0 spiro atoms. The number of aromatic nitrogens is 1. The number of likely N-dealkylation sites (tertiary alicyclic amines) is 2. The van der Waals surface area contributed by atoms with Gasteiger partial charge < -0.3 is 14.5 Å². The average molecular weight is 383 g/mol. The predicted molar refractivity (Wildman–Crippen MR) is 104 cm³/mol. The second-order valence-electron chi connectivity index (χ2n) is 8.92. The molecule has 1 aliphatic carbocycles. The van der Waals surface area contributed by atoms with Crippen molar-refractivity contribution in [2.45, 2.75) is 56.5 Å². The Morgan fingerprint density at radius 3 is 2.61 bits per heavy atom. The number of nitrogens with zero attached hydrogens (tertiary/aromatic N) is 3. The van der Waals surface area contributed by atoms with E-state index in [-0.39, 0.29) is 30.4 Å². The van der Waals surface area contributed by atoms with Crippen LogP contribution in [0.4, 0.5) is 4.79 Å². The minimum Gasteiger partial charge on any atom is -0.370 e. The molecule has 5 rings (SSSR count). The summed E-state index contributed by atoms with van der Waals surface area (Å²) < 4.78 is 5.66. The van der Waals surface area contributed by atoms with E-state index in [0.29, 0.717) is 24.8 Å². The van der Waals surface area contributed by atoms with Crippen molar-refractivity contribution < 1.29 is 14.3 Å². The fraction of sp³-hybridized carbons (Fsp3) is 0.682. The first kappa shape index (κ1) is 18.1. The maximum absolute atomic E-state index is 13.0. The molecule has 6 nitrogen and oxygen atoms in total. The Kier molecular flexibility index (Phi) is 4.83. The minimum absolute atomic E-state index is 0.142. The quantitative estimate of drug-likeness (QED) is 0.788. The number of pyridine rings is 1. The van der Waals surface area contributed by atoms with E-state index in [4.69, 9.17) is 4.74 Å². The number of urea groups is 1. The number of rotatable bonds is 2. The maximum Gasteiger partial charge on any atom is 0.320 e. The summed E-state index contributed by atoms with van der Waals surface area (Å²) >= 11 is 0. The number of Topliss-reactive ketones (excluding diaryl/α,β-unsaturated/α-hetero) is 1. The molecule has 3 aliphatic heterocycles. The molecule has 2 atom stereocenters. The summed E-state index contributed by atoms with van der Waals surface area (Å²) in [6.45, 7) is 3.27. The van der Waals surface area contributed by atoms with E-state index in [1.54, 1.807) is 0 Å². The van der Waals surface area contributed by atoms with Crippen molar-refractivity contribution in [2.75, 3.05) is 32.8 Å². The fourth-order valence-corrected chi connectivity index (χ4v) is 5.08. The van der Waals surface area contributed by atoms with Crippen LogP contribution in [0.5, 0.6) is 0 Å². The van der Waals surface area contributed by atoms with Gasteiger partial charge in [0.25, 0.3) is 0 Å². The Morgan fingerprint density at radius 1 is 1.04 bits per heavy atom. The van der Waals surface area contributed by atoms with Gasteiger partial charge in [-0.3, -0.25) is 9.78 Å². The van der Waals surface area contributed by atoms with Gasteiger partial charge in [0, 0.05) is 56.3 Å². The lowest BCUT2D eigenvalue weighted by Crippen LogP contribution is -2.54. The SMILES string of the molecule is O=C1CO[C@H]2CCN(C(=O)N3CCC(c4ccnc(C5CC5)c4)CC3)C[C@H]2C1. The van der Waals surface area contributed by atoms with Gasteiger partial charge in [0.15, 0.2) is 5.78 Å². The predicted octanol–water partition coefficient (Wildman–Crippen LogP) is 2.94. The van der Waals surface area contributed by atoms with E-state index in [9.17, 15) is 9.59 Å². The van der Waals surface area contributed by atoms with Crippen LogP contribution in [0.15, 0.2) is 18.3 Å². The number of ketones is 1. The van der Waals surface area contributed by atoms with Crippen molar-refractivity contribution in [3.05, 3.63) is 29.6 Å². The molecule has 28 heavy (non-hydrogen) atoms. The fourth-order valence-electron chi connectivity index (χ4n) is 5.08. The minimum atomic E-state index is 0.142. The van der Waals surface area contributed by atoms with E-state index in [1.807, 2.05) is 16.0 Å². The van der Waals surface area contributed by atoms with Crippen LogP contribution >= 0.6 is 0 Å². The zero-order chi connectivity index (χ0) is 19.1. The number of hydrogen-bond donors (Lipinski definition) is 0. The van der Waals surface area contributed by atoms with Crippen LogP contribution in [-0.4, -0.2) is 65.5 Å². The molecule has 0 radical (unpaired) electrons. The lowest BCUT2D eigenvalue weighted by molar-refractivity contribution is -0.139. The number of hydrogen-bond acceptors (Lipinski definition) is 4. The number of fused-ring (bicyclic) bond motifs is 1. The highest BCUT2D eigenvalue weighted by atomic mass is 16.5. The van der Waals surface area contributed by atoms with Gasteiger partial charge in [-0.15, -0.1) is 0 Å². The summed E-state index contributed by atoms with van der Waals surface area (Å²) in [4.78, 5) is 33.2. The average Bonchev–Trinajstić information content (AvgIpc) is 3.58. The molecular weight excluding hydrogens is 354 g/mol. The first-order valence-electron chi connectivity index (χ1n) is 10.8. The van der Waals surface area contributed by atoms with Crippen molar-refractivity contribution in [1.29, 1.82) is 0 Å². The van der Waals surface area contributed by atoms with E-state index in [1.165, 1.54) is 24.1 Å². The zero-order valence-corrected chi connectivity index (χ0v) is 16.4. The van der Waals surface area contributed by atoms with Crippen molar-refractivity contribution in [2.24, 2.45) is 5.92 Å². The molecule has 2 amide bonds. The molecule has 6 heteroatoms. The van der Waals surface area contributed by atoms with Gasteiger partial charge in [0.2, 0.25) is 0 Å². The standard InChI is InChI=1S/C22H29N3O3/c26-19-11-18-13-25(10-6-21(18)28-14-19)22(27)24-8-4-15(5-9-24)17-3-7-23-20(12-17)16-1-2-16/h3,7,12,15-16,18,21H,1-2,4-6,8-11,13-14H2/t18-,21+/m1/s1. The number of amides is 2. The summed E-state index contributed by atoms with van der Waals surface area (Å²) in [6, 6.07) is 4.59. The third kappa shape index (κ3) is 3.66. The summed E-state index contributed by atoms with van der Waals surface area (Å²) in [5.74, 6) is 1.55. The Labute approximate surface area is 166 Å². The number of ether oxygens (including phenoxy) is 1. The first-order valence-corrected chi connectivity index (χ1v) is 10.8. The van der Waals surface area contributed by atoms with Crippen molar-refractivity contribution in [3.8, 4) is 0 Å². The van der Waals surface area contributed by atoms with Crippen LogP contribution in [0.1, 0.15) is 61.6 Å². The van der Waals surface area contributed by atoms with Gasteiger partial charge in [-0.2, -0.15) is 0 Å².